The van der Waals surface area contributed by atoms with E-state index in [4.69, 9.17) is 18.9 Å². The smallest absolute Gasteiger partial charge is 0.333 e. The van der Waals surface area contributed by atoms with E-state index in [1.165, 1.54) is 5.57 Å². The summed E-state index contributed by atoms with van der Waals surface area (Å²) in [4.78, 5) is 45.1. The third kappa shape index (κ3) is 7.57. The summed E-state index contributed by atoms with van der Waals surface area (Å²) in [6.07, 6.45) is 13.7. The molecule has 3 aliphatic heterocycles. The zero-order valence-electron chi connectivity index (χ0n) is 34.6. The quantitative estimate of drug-likeness (QED) is 0.0787. The summed E-state index contributed by atoms with van der Waals surface area (Å²) >= 11 is 0. The fourth-order valence-corrected chi connectivity index (χ4v) is 9.34. The Kier molecular flexibility index (Phi) is 12.2. The van der Waals surface area contributed by atoms with Gasteiger partial charge in [0.15, 0.2) is 22.8 Å². The van der Waals surface area contributed by atoms with Gasteiger partial charge in [0.2, 0.25) is 0 Å². The van der Waals surface area contributed by atoms with E-state index in [1.807, 2.05) is 46.8 Å². The molecule has 304 valence electrons. The molecule has 4 atom stereocenters. The highest BCUT2D eigenvalue weighted by molar-refractivity contribution is 6.18. The van der Waals surface area contributed by atoms with Crippen molar-refractivity contribution < 1.29 is 43.5 Å². The fourth-order valence-electron chi connectivity index (χ4n) is 9.34. The third-order valence-corrected chi connectivity index (χ3v) is 12.4. The molecule has 3 aliphatic carbocycles. The van der Waals surface area contributed by atoms with E-state index in [0.717, 1.165) is 69.7 Å². The van der Waals surface area contributed by atoms with Crippen molar-refractivity contribution in [3.05, 3.63) is 74.9 Å². The van der Waals surface area contributed by atoms with Gasteiger partial charge in [-0.15, -0.1) is 0 Å². The second kappa shape index (κ2) is 16.5. The highest BCUT2D eigenvalue weighted by atomic mass is 16.6. The van der Waals surface area contributed by atoms with Gasteiger partial charge in [-0.2, -0.15) is 0 Å². The first kappa shape index (κ1) is 41.6. The van der Waals surface area contributed by atoms with Crippen LogP contribution in [0.2, 0.25) is 0 Å². The van der Waals surface area contributed by atoms with Gasteiger partial charge >= 0.3 is 5.97 Å². The molecule has 1 aromatic rings. The van der Waals surface area contributed by atoms with Crippen LogP contribution >= 0.6 is 0 Å². The first-order chi connectivity index (χ1) is 26.5. The molecule has 1 spiro atoms. The summed E-state index contributed by atoms with van der Waals surface area (Å²) in [5.74, 6) is -2.49. The standard InChI is InChI=1S/C46H61NO9/c1-28(2)12-11-13-30(5)15-17-33-38(48)34(16-14-29(3)4)41-37(39(33)49)40(50)35-26-32-27-36-44(7,8)56-45(42(32)51,46(35,36)55-41)19-18-31(6)43(52)54-23-10-9-20-47-21-24-53-25-22-47/h12,14-15,18,26,32,36,48-49H,9-11,13,16-17,19-25,27H2,1-8H3/b30-15+,31-18-/t32-,36-,45+,46-/m1/s1. The summed E-state index contributed by atoms with van der Waals surface area (Å²) in [6.45, 7) is 20.1. The molecule has 0 unspecified atom stereocenters. The molecule has 1 aromatic carbocycles. The van der Waals surface area contributed by atoms with E-state index in [9.17, 15) is 24.6 Å². The summed E-state index contributed by atoms with van der Waals surface area (Å²) in [7, 11) is 0. The fraction of sp³-hybridized carbons (Fsp3) is 0.587. The van der Waals surface area contributed by atoms with E-state index >= 15 is 0 Å². The molecule has 56 heavy (non-hydrogen) atoms. The number of ether oxygens (including phenoxy) is 4. The molecule has 6 aliphatic rings. The Morgan fingerprint density at radius 2 is 1.62 bits per heavy atom. The molecular formula is C46H61NO9. The number of unbranched alkanes of at least 4 members (excludes halogenated alkanes) is 1. The average molecular weight is 772 g/mol. The average Bonchev–Trinajstić information content (AvgIpc) is 3.30. The Morgan fingerprint density at radius 3 is 2.32 bits per heavy atom. The lowest BCUT2D eigenvalue weighted by Gasteiger charge is -2.56. The maximum atomic E-state index is 15.0. The van der Waals surface area contributed by atoms with Crippen LogP contribution in [0.15, 0.2) is 58.2 Å². The van der Waals surface area contributed by atoms with Gasteiger partial charge in [-0.25, -0.2) is 4.79 Å². The summed E-state index contributed by atoms with van der Waals surface area (Å²) in [6, 6.07) is 0. The van der Waals surface area contributed by atoms with Crippen molar-refractivity contribution in [1.29, 1.82) is 0 Å². The number of fused-ring (bicyclic) bond motifs is 1. The van der Waals surface area contributed by atoms with Crippen LogP contribution in [0.5, 0.6) is 17.2 Å². The minimum atomic E-state index is -1.63. The molecule has 0 radical (unpaired) electrons. The topological polar surface area (TPSA) is 132 Å². The van der Waals surface area contributed by atoms with Crippen LogP contribution in [-0.2, 0) is 36.6 Å². The Bertz CT molecular complexity index is 1900. The van der Waals surface area contributed by atoms with Crippen LogP contribution in [0.1, 0.15) is 115 Å². The van der Waals surface area contributed by atoms with Crippen LogP contribution in [0.25, 0.3) is 0 Å². The molecule has 2 N–H and O–H groups in total. The number of esters is 1. The number of rotatable bonds is 15. The Balaban J connectivity index is 1.33. The zero-order valence-corrected chi connectivity index (χ0v) is 34.6. The molecule has 3 heterocycles. The lowest BCUT2D eigenvalue weighted by molar-refractivity contribution is -0.171. The highest BCUT2D eigenvalue weighted by Gasteiger charge is 2.81. The molecule has 7 rings (SSSR count). The van der Waals surface area contributed by atoms with Gasteiger partial charge in [-0.1, -0.05) is 47.1 Å². The molecule has 0 amide bonds. The number of carbonyl (C=O) groups is 3. The SMILES string of the molecule is CC(C)=CCC/C(C)=C/Cc1c(O)c(CC=C(C)C)c2c(c1O)C(=O)C1=C[C@@H]3C[C@@H]4C(C)(C)O[C@@](C/C=C(/C)C(=O)OCCCCN5CCOCC5)(C3=O)[C@@]14O2. The van der Waals surface area contributed by atoms with Crippen molar-refractivity contribution in [2.24, 2.45) is 11.8 Å². The second-order valence-corrected chi connectivity index (χ2v) is 17.3. The van der Waals surface area contributed by atoms with E-state index in [2.05, 4.69) is 24.8 Å². The molecule has 0 aromatic heterocycles. The number of hydrogen-bond acceptors (Lipinski definition) is 10. The minimum Gasteiger partial charge on any atom is -0.507 e. The number of phenols is 2. The van der Waals surface area contributed by atoms with E-state index in [-0.39, 0.29) is 60.0 Å². The Hall–Kier alpha value is -3.99. The number of morpholine rings is 1. The van der Waals surface area contributed by atoms with Crippen molar-refractivity contribution in [3.8, 4) is 17.2 Å². The van der Waals surface area contributed by atoms with E-state index in [1.54, 1.807) is 19.1 Å². The van der Waals surface area contributed by atoms with Crippen LogP contribution in [0, 0.1) is 11.8 Å². The predicted octanol–water partition coefficient (Wildman–Crippen LogP) is 7.84. The first-order valence-electron chi connectivity index (χ1n) is 20.4. The van der Waals surface area contributed by atoms with Gasteiger partial charge in [0.25, 0.3) is 0 Å². The lowest BCUT2D eigenvalue weighted by atomic mass is 9.51. The molecule has 3 fully saturated rings. The van der Waals surface area contributed by atoms with Gasteiger partial charge in [0.05, 0.1) is 25.4 Å². The predicted molar refractivity (Wildman–Crippen MR) is 215 cm³/mol. The molecule has 10 nitrogen and oxygen atoms in total. The van der Waals surface area contributed by atoms with Crippen LogP contribution in [0.3, 0.4) is 0 Å². The van der Waals surface area contributed by atoms with Gasteiger partial charge in [-0.3, -0.25) is 14.5 Å². The maximum absolute atomic E-state index is 15.0. The highest BCUT2D eigenvalue weighted by Crippen LogP contribution is 2.68. The number of carbonyl (C=O) groups excluding carboxylic acids is 3. The largest absolute Gasteiger partial charge is 0.507 e. The molecule has 2 saturated heterocycles. The number of hydrogen-bond donors (Lipinski definition) is 2. The molecular weight excluding hydrogens is 711 g/mol. The van der Waals surface area contributed by atoms with Crippen molar-refractivity contribution in [1.82, 2.24) is 4.90 Å². The van der Waals surface area contributed by atoms with Crippen molar-refractivity contribution in [2.75, 3.05) is 39.5 Å². The van der Waals surface area contributed by atoms with E-state index in [0.29, 0.717) is 23.1 Å². The number of ketones is 2. The van der Waals surface area contributed by atoms with Gasteiger partial charge < -0.3 is 29.2 Å². The second-order valence-electron chi connectivity index (χ2n) is 17.3. The number of allylic oxidation sites excluding steroid dienone is 7. The van der Waals surface area contributed by atoms with Gasteiger partial charge in [0.1, 0.15) is 22.8 Å². The van der Waals surface area contributed by atoms with E-state index < -0.39 is 40.4 Å². The van der Waals surface area contributed by atoms with Gasteiger partial charge in [0, 0.05) is 53.6 Å². The zero-order chi connectivity index (χ0) is 40.6. The van der Waals surface area contributed by atoms with Crippen LogP contribution < -0.4 is 4.74 Å². The number of Topliss-reactive ketones (excluding diaryl/α,β-unsaturated/α-hetero) is 2. The van der Waals surface area contributed by atoms with Crippen molar-refractivity contribution in [2.45, 2.75) is 124 Å². The Labute approximate surface area is 332 Å². The van der Waals surface area contributed by atoms with Crippen LogP contribution in [-0.4, -0.2) is 88.9 Å². The summed E-state index contributed by atoms with van der Waals surface area (Å²) in [5, 5.41) is 23.8. The molecule has 10 heteroatoms. The molecule has 1 saturated carbocycles. The minimum absolute atomic E-state index is 0.00120. The number of nitrogens with zero attached hydrogens (tertiary/aromatic N) is 1. The van der Waals surface area contributed by atoms with Gasteiger partial charge in [-0.05, 0) is 107 Å². The summed E-state index contributed by atoms with van der Waals surface area (Å²) in [5.41, 5.74) is 0.550. The van der Waals surface area contributed by atoms with Crippen molar-refractivity contribution >= 4 is 17.5 Å². The first-order valence-corrected chi connectivity index (χ1v) is 20.4. The number of phenolic OH excluding ortho intramolecular Hbond substituents is 2. The number of benzene rings is 1. The number of aromatic hydroxyl groups is 2. The monoisotopic (exact) mass is 771 g/mol. The van der Waals surface area contributed by atoms with Crippen molar-refractivity contribution in [3.63, 3.8) is 0 Å². The Morgan fingerprint density at radius 1 is 0.929 bits per heavy atom. The van der Waals surface area contributed by atoms with Crippen LogP contribution in [0.4, 0.5) is 0 Å². The maximum Gasteiger partial charge on any atom is 0.333 e. The summed E-state index contributed by atoms with van der Waals surface area (Å²) < 4.78 is 25.0. The normalized spacial score (nSPS) is 26.6. The third-order valence-electron chi connectivity index (χ3n) is 12.4. The molecule has 4 bridgehead atoms. The lowest BCUT2D eigenvalue weighted by Crippen LogP contribution is -2.72.